The lowest BCUT2D eigenvalue weighted by Gasteiger charge is -2.28. The van der Waals surface area contributed by atoms with Gasteiger partial charge in [-0.1, -0.05) is 0 Å². The van der Waals surface area contributed by atoms with Gasteiger partial charge in [-0.3, -0.25) is 0 Å². The zero-order valence-corrected chi connectivity index (χ0v) is 11.3. The molecule has 2 N–H and O–H groups in total. The fourth-order valence-corrected chi connectivity index (χ4v) is 2.21. The summed E-state index contributed by atoms with van der Waals surface area (Å²) in [5.74, 6) is 0.805. The Balaban J connectivity index is 3.08. The summed E-state index contributed by atoms with van der Waals surface area (Å²) in [5.41, 5.74) is 5.38. The minimum Gasteiger partial charge on any atom is -0.396 e. The third kappa shape index (κ3) is 3.44. The van der Waals surface area contributed by atoms with Gasteiger partial charge in [0.05, 0.1) is 17.6 Å². The van der Waals surface area contributed by atoms with Crippen LogP contribution in [0.4, 0.5) is 24.5 Å². The second-order valence-electron chi connectivity index (χ2n) is 4.04. The summed E-state index contributed by atoms with van der Waals surface area (Å²) in [4.78, 5) is 5.05. The smallest absolute Gasteiger partial charge is 0.396 e. The van der Waals surface area contributed by atoms with Crippen molar-refractivity contribution in [3.8, 4) is 0 Å². The van der Waals surface area contributed by atoms with E-state index in [1.54, 1.807) is 23.7 Å². The van der Waals surface area contributed by atoms with Gasteiger partial charge in [0.2, 0.25) is 0 Å². The largest absolute Gasteiger partial charge is 0.433 e. The van der Waals surface area contributed by atoms with Crippen molar-refractivity contribution in [3.63, 3.8) is 0 Å². The molecule has 1 unspecified atom stereocenters. The highest BCUT2D eigenvalue weighted by molar-refractivity contribution is 7.98. The van der Waals surface area contributed by atoms with Gasteiger partial charge in [-0.25, -0.2) is 4.98 Å². The van der Waals surface area contributed by atoms with Crippen LogP contribution in [0.2, 0.25) is 0 Å². The topological polar surface area (TPSA) is 42.2 Å². The summed E-state index contributed by atoms with van der Waals surface area (Å²) in [7, 11) is 1.73. The summed E-state index contributed by atoms with van der Waals surface area (Å²) in [6.45, 7) is 1.93. The van der Waals surface area contributed by atoms with Gasteiger partial charge in [0.25, 0.3) is 0 Å². The van der Waals surface area contributed by atoms with Gasteiger partial charge in [0.1, 0.15) is 5.69 Å². The van der Waals surface area contributed by atoms with Crippen LogP contribution in [-0.2, 0) is 6.18 Å². The quantitative estimate of drug-likeness (QED) is 0.920. The summed E-state index contributed by atoms with van der Waals surface area (Å²) < 4.78 is 37.8. The van der Waals surface area contributed by atoms with Crippen molar-refractivity contribution >= 4 is 23.1 Å². The number of aromatic nitrogens is 1. The zero-order valence-electron chi connectivity index (χ0n) is 10.5. The molecule has 1 rings (SSSR count). The molecular weight excluding hydrogens is 263 g/mol. The Morgan fingerprint density at radius 1 is 1.50 bits per heavy atom. The molecule has 0 bridgehead atoms. The third-order valence-corrected chi connectivity index (χ3v) is 3.47. The average Bonchev–Trinajstić information content (AvgIpc) is 2.27. The number of nitrogen functional groups attached to an aromatic ring is 1. The maximum atomic E-state index is 12.6. The Bertz CT molecular complexity index is 409. The highest BCUT2D eigenvalue weighted by atomic mass is 32.2. The number of nitrogens with zero attached hydrogens (tertiary/aromatic N) is 2. The van der Waals surface area contributed by atoms with Crippen LogP contribution < -0.4 is 10.6 Å². The van der Waals surface area contributed by atoms with E-state index in [0.29, 0.717) is 5.69 Å². The van der Waals surface area contributed by atoms with Crippen LogP contribution in [0.15, 0.2) is 12.3 Å². The molecule has 1 aromatic heterocycles. The molecule has 1 heterocycles. The molecule has 0 spiro atoms. The average molecular weight is 279 g/mol. The molecule has 0 radical (unpaired) electrons. The monoisotopic (exact) mass is 279 g/mol. The molecule has 1 aromatic rings. The van der Waals surface area contributed by atoms with Gasteiger partial charge in [0, 0.05) is 18.8 Å². The van der Waals surface area contributed by atoms with E-state index in [1.807, 2.05) is 13.2 Å². The zero-order chi connectivity index (χ0) is 13.9. The first-order valence-corrected chi connectivity index (χ1v) is 6.71. The number of thioether (sulfide) groups is 1. The van der Waals surface area contributed by atoms with Crippen molar-refractivity contribution in [2.24, 2.45) is 0 Å². The molecule has 0 aliphatic rings. The molecule has 3 nitrogen and oxygen atoms in total. The van der Waals surface area contributed by atoms with E-state index in [2.05, 4.69) is 4.98 Å². The predicted octanol–water partition coefficient (Wildman–Crippen LogP) is 2.87. The molecule has 0 aliphatic carbocycles. The summed E-state index contributed by atoms with van der Waals surface area (Å²) in [6.07, 6.45) is -1.45. The van der Waals surface area contributed by atoms with Gasteiger partial charge in [-0.15, -0.1) is 0 Å². The minimum atomic E-state index is -4.45. The summed E-state index contributed by atoms with van der Waals surface area (Å²) >= 11 is 1.63. The summed E-state index contributed by atoms with van der Waals surface area (Å²) in [6, 6.07) is 1.08. The maximum absolute atomic E-state index is 12.6. The first-order valence-electron chi connectivity index (χ1n) is 5.31. The molecule has 0 amide bonds. The predicted molar refractivity (Wildman–Crippen MR) is 69.9 cm³/mol. The van der Waals surface area contributed by atoms with E-state index in [9.17, 15) is 13.2 Å². The molecular formula is C11H16F3N3S. The molecule has 0 aromatic carbocycles. The minimum absolute atomic E-state index is 0.0887. The highest BCUT2D eigenvalue weighted by Gasteiger charge is 2.33. The molecule has 102 valence electrons. The Morgan fingerprint density at radius 2 is 2.11 bits per heavy atom. The lowest BCUT2D eigenvalue weighted by molar-refractivity contribution is -0.141. The standard InChI is InChI=1S/C11H16F3N3S/c1-7(6-18-3)17(2)9-4-10(11(12,13)14)16-5-8(9)15/h4-5,7H,6,15H2,1-3H3. The highest BCUT2D eigenvalue weighted by Crippen LogP contribution is 2.33. The lowest BCUT2D eigenvalue weighted by atomic mass is 10.2. The van der Waals surface area contributed by atoms with Crippen LogP contribution in [0.5, 0.6) is 0 Å². The van der Waals surface area contributed by atoms with Crippen molar-refractivity contribution in [1.82, 2.24) is 4.98 Å². The van der Waals surface area contributed by atoms with Crippen LogP contribution in [0.25, 0.3) is 0 Å². The molecule has 0 fully saturated rings. The van der Waals surface area contributed by atoms with E-state index in [4.69, 9.17) is 5.73 Å². The number of pyridine rings is 1. The Hall–Kier alpha value is -1.11. The van der Waals surface area contributed by atoms with E-state index in [0.717, 1.165) is 18.0 Å². The first-order chi connectivity index (χ1) is 8.27. The first kappa shape index (κ1) is 14.9. The van der Waals surface area contributed by atoms with Gasteiger partial charge in [-0.2, -0.15) is 24.9 Å². The maximum Gasteiger partial charge on any atom is 0.433 e. The van der Waals surface area contributed by atoms with Gasteiger partial charge < -0.3 is 10.6 Å². The molecule has 18 heavy (non-hydrogen) atoms. The third-order valence-electron chi connectivity index (χ3n) is 2.65. The number of alkyl halides is 3. The number of anilines is 2. The normalized spacial score (nSPS) is 13.4. The Morgan fingerprint density at radius 3 is 2.61 bits per heavy atom. The van der Waals surface area contributed by atoms with Crippen molar-refractivity contribution in [3.05, 3.63) is 18.0 Å². The van der Waals surface area contributed by atoms with Crippen LogP contribution in [0.1, 0.15) is 12.6 Å². The van der Waals surface area contributed by atoms with Crippen LogP contribution in [0.3, 0.4) is 0 Å². The Kier molecular flexibility index (Phi) is 4.72. The lowest BCUT2D eigenvalue weighted by Crippen LogP contribution is -2.31. The van der Waals surface area contributed by atoms with E-state index >= 15 is 0 Å². The van der Waals surface area contributed by atoms with E-state index in [1.165, 1.54) is 0 Å². The number of hydrogen-bond donors (Lipinski definition) is 1. The molecule has 7 heteroatoms. The summed E-state index contributed by atoms with van der Waals surface area (Å²) in [5, 5.41) is 0. The molecule has 1 atom stereocenters. The second kappa shape index (κ2) is 5.69. The van der Waals surface area contributed by atoms with Gasteiger partial charge in [0.15, 0.2) is 0 Å². The SMILES string of the molecule is CSCC(C)N(C)c1cc(C(F)(F)F)ncc1N. The van der Waals surface area contributed by atoms with Crippen LogP contribution in [0, 0.1) is 0 Å². The number of nitrogens with two attached hydrogens (primary N) is 1. The van der Waals surface area contributed by atoms with Crippen molar-refractivity contribution in [1.29, 1.82) is 0 Å². The number of halogens is 3. The van der Waals surface area contributed by atoms with Crippen molar-refractivity contribution < 1.29 is 13.2 Å². The Labute approximate surface area is 109 Å². The molecule has 0 saturated heterocycles. The fraction of sp³-hybridized carbons (Fsp3) is 0.545. The van der Waals surface area contributed by atoms with Crippen LogP contribution in [-0.4, -0.2) is 30.1 Å². The number of hydrogen-bond acceptors (Lipinski definition) is 4. The van der Waals surface area contributed by atoms with Gasteiger partial charge >= 0.3 is 6.18 Å². The van der Waals surface area contributed by atoms with E-state index < -0.39 is 11.9 Å². The van der Waals surface area contributed by atoms with Crippen molar-refractivity contribution in [2.45, 2.75) is 19.1 Å². The fourth-order valence-electron chi connectivity index (χ4n) is 1.51. The number of rotatable bonds is 4. The van der Waals surface area contributed by atoms with Gasteiger partial charge in [-0.05, 0) is 19.2 Å². The molecule has 0 saturated carbocycles. The van der Waals surface area contributed by atoms with Crippen LogP contribution >= 0.6 is 11.8 Å². The van der Waals surface area contributed by atoms with Crippen molar-refractivity contribution in [2.75, 3.05) is 29.7 Å². The van der Waals surface area contributed by atoms with E-state index in [-0.39, 0.29) is 11.7 Å². The molecule has 0 aliphatic heterocycles. The second-order valence-corrected chi connectivity index (χ2v) is 4.95.